The van der Waals surface area contributed by atoms with Gasteiger partial charge in [0.1, 0.15) is 0 Å². The Bertz CT molecular complexity index is 503. The molecule has 0 aliphatic carbocycles. The van der Waals surface area contributed by atoms with Crippen molar-refractivity contribution in [2.24, 2.45) is 5.92 Å². The molecule has 2 aliphatic rings. The van der Waals surface area contributed by atoms with Crippen molar-refractivity contribution in [1.29, 1.82) is 0 Å². The molecule has 0 aromatic heterocycles. The monoisotopic (exact) mass is 308 g/mol. The molecule has 3 rings (SSSR count). The SMILES string of the molecule is O=C(N[C@H]1CCN(c2cccc(Cl)c2)C1)[C@@H]1CCCOC1. The second kappa shape index (κ2) is 6.67. The third kappa shape index (κ3) is 3.69. The zero-order valence-electron chi connectivity index (χ0n) is 12.1. The number of carbonyl (C=O) groups is 1. The van der Waals surface area contributed by atoms with E-state index in [0.29, 0.717) is 6.61 Å². The molecule has 21 heavy (non-hydrogen) atoms. The first-order chi connectivity index (χ1) is 10.2. The summed E-state index contributed by atoms with van der Waals surface area (Å²) in [6, 6.07) is 8.09. The van der Waals surface area contributed by atoms with Crippen molar-refractivity contribution in [3.63, 3.8) is 0 Å². The average Bonchev–Trinajstić information content (AvgIpc) is 2.97. The van der Waals surface area contributed by atoms with Gasteiger partial charge in [-0.05, 0) is 37.5 Å². The number of anilines is 1. The number of nitrogens with zero attached hydrogens (tertiary/aromatic N) is 1. The van der Waals surface area contributed by atoms with E-state index in [9.17, 15) is 4.79 Å². The molecule has 2 saturated heterocycles. The van der Waals surface area contributed by atoms with Crippen LogP contribution in [0.4, 0.5) is 5.69 Å². The van der Waals surface area contributed by atoms with Gasteiger partial charge < -0.3 is 15.0 Å². The normalized spacial score (nSPS) is 25.9. The molecule has 2 heterocycles. The Morgan fingerprint density at radius 3 is 3.05 bits per heavy atom. The van der Waals surface area contributed by atoms with Crippen LogP contribution in [0.15, 0.2) is 24.3 Å². The highest BCUT2D eigenvalue weighted by molar-refractivity contribution is 6.30. The lowest BCUT2D eigenvalue weighted by Gasteiger charge is -2.24. The minimum Gasteiger partial charge on any atom is -0.381 e. The van der Waals surface area contributed by atoms with Crippen molar-refractivity contribution in [2.45, 2.75) is 25.3 Å². The van der Waals surface area contributed by atoms with Gasteiger partial charge in [0.15, 0.2) is 0 Å². The molecule has 114 valence electrons. The minimum absolute atomic E-state index is 0.0268. The van der Waals surface area contributed by atoms with Gasteiger partial charge in [-0.3, -0.25) is 4.79 Å². The van der Waals surface area contributed by atoms with E-state index in [2.05, 4.69) is 16.3 Å². The fraction of sp³-hybridized carbons (Fsp3) is 0.562. The predicted octanol–water partition coefficient (Wildman–Crippen LogP) is 2.46. The Morgan fingerprint density at radius 2 is 2.29 bits per heavy atom. The number of nitrogens with one attached hydrogen (secondary N) is 1. The highest BCUT2D eigenvalue weighted by Crippen LogP contribution is 2.24. The third-order valence-electron chi connectivity index (χ3n) is 4.24. The van der Waals surface area contributed by atoms with Crippen molar-refractivity contribution in [3.05, 3.63) is 29.3 Å². The molecule has 1 N–H and O–H groups in total. The van der Waals surface area contributed by atoms with Gasteiger partial charge in [0.2, 0.25) is 5.91 Å². The summed E-state index contributed by atoms with van der Waals surface area (Å²) < 4.78 is 5.39. The summed E-state index contributed by atoms with van der Waals surface area (Å²) >= 11 is 6.04. The molecule has 0 bridgehead atoms. The molecule has 2 atom stereocenters. The van der Waals surface area contributed by atoms with Crippen LogP contribution in [0.25, 0.3) is 0 Å². The molecule has 0 unspecified atom stereocenters. The van der Waals surface area contributed by atoms with E-state index in [1.807, 2.05) is 18.2 Å². The molecule has 1 amide bonds. The number of rotatable bonds is 3. The lowest BCUT2D eigenvalue weighted by Crippen LogP contribution is -2.42. The molecule has 1 aromatic carbocycles. The highest BCUT2D eigenvalue weighted by atomic mass is 35.5. The van der Waals surface area contributed by atoms with Crippen molar-refractivity contribution in [2.75, 3.05) is 31.2 Å². The Hall–Kier alpha value is -1.26. The molecule has 2 aliphatic heterocycles. The summed E-state index contributed by atoms with van der Waals surface area (Å²) in [5.41, 5.74) is 1.13. The van der Waals surface area contributed by atoms with Gasteiger partial charge in [-0.2, -0.15) is 0 Å². The van der Waals surface area contributed by atoms with Gasteiger partial charge in [-0.15, -0.1) is 0 Å². The smallest absolute Gasteiger partial charge is 0.225 e. The Kier molecular flexibility index (Phi) is 4.66. The summed E-state index contributed by atoms with van der Waals surface area (Å²) in [7, 11) is 0. The van der Waals surface area contributed by atoms with E-state index in [-0.39, 0.29) is 17.9 Å². The maximum atomic E-state index is 12.2. The molecule has 0 saturated carbocycles. The van der Waals surface area contributed by atoms with Crippen LogP contribution in [-0.2, 0) is 9.53 Å². The van der Waals surface area contributed by atoms with Crippen LogP contribution in [0.1, 0.15) is 19.3 Å². The van der Waals surface area contributed by atoms with Crippen molar-refractivity contribution in [3.8, 4) is 0 Å². The van der Waals surface area contributed by atoms with E-state index in [1.54, 1.807) is 0 Å². The van der Waals surface area contributed by atoms with Crippen LogP contribution in [0.3, 0.4) is 0 Å². The van der Waals surface area contributed by atoms with Crippen LogP contribution < -0.4 is 10.2 Å². The van der Waals surface area contributed by atoms with E-state index in [0.717, 1.165) is 49.7 Å². The fourth-order valence-electron chi connectivity index (χ4n) is 3.05. The summed E-state index contributed by atoms with van der Waals surface area (Å²) in [5.74, 6) is 0.173. The van der Waals surface area contributed by atoms with Crippen LogP contribution in [0.5, 0.6) is 0 Å². The number of ether oxygens (including phenoxy) is 1. The number of amides is 1. The van der Waals surface area contributed by atoms with Gasteiger partial charge in [0.05, 0.1) is 12.5 Å². The molecule has 0 radical (unpaired) electrons. The Labute approximate surface area is 130 Å². The van der Waals surface area contributed by atoms with Crippen LogP contribution in [-0.4, -0.2) is 38.3 Å². The number of hydrogen-bond donors (Lipinski definition) is 1. The summed E-state index contributed by atoms with van der Waals surface area (Å²) in [5, 5.41) is 3.92. The second-order valence-corrected chi connectivity index (χ2v) is 6.27. The molecule has 0 spiro atoms. The van der Waals surface area contributed by atoms with Crippen LogP contribution in [0, 0.1) is 5.92 Å². The highest BCUT2D eigenvalue weighted by Gasteiger charge is 2.28. The fourth-order valence-corrected chi connectivity index (χ4v) is 3.24. The maximum Gasteiger partial charge on any atom is 0.225 e. The van der Waals surface area contributed by atoms with Crippen molar-refractivity contribution in [1.82, 2.24) is 5.32 Å². The zero-order valence-corrected chi connectivity index (χ0v) is 12.8. The summed E-state index contributed by atoms with van der Waals surface area (Å²) in [6.45, 7) is 3.15. The molecular weight excluding hydrogens is 288 g/mol. The van der Waals surface area contributed by atoms with E-state index >= 15 is 0 Å². The van der Waals surface area contributed by atoms with Crippen LogP contribution in [0.2, 0.25) is 5.02 Å². The van der Waals surface area contributed by atoms with Gasteiger partial charge in [0.25, 0.3) is 0 Å². The predicted molar refractivity (Wildman–Crippen MR) is 83.8 cm³/mol. The lowest BCUT2D eigenvalue weighted by atomic mass is 10.0. The third-order valence-corrected chi connectivity index (χ3v) is 4.47. The number of benzene rings is 1. The van der Waals surface area contributed by atoms with Gasteiger partial charge in [-0.1, -0.05) is 17.7 Å². The summed E-state index contributed by atoms with van der Waals surface area (Å²) in [4.78, 5) is 14.5. The molecule has 2 fully saturated rings. The van der Waals surface area contributed by atoms with Crippen molar-refractivity contribution < 1.29 is 9.53 Å². The first-order valence-electron chi connectivity index (χ1n) is 7.61. The van der Waals surface area contributed by atoms with E-state index in [1.165, 1.54) is 0 Å². The lowest BCUT2D eigenvalue weighted by molar-refractivity contribution is -0.129. The van der Waals surface area contributed by atoms with Gasteiger partial charge >= 0.3 is 0 Å². The topological polar surface area (TPSA) is 41.6 Å². The van der Waals surface area contributed by atoms with E-state index < -0.39 is 0 Å². The number of halogens is 1. The first-order valence-corrected chi connectivity index (χ1v) is 7.99. The minimum atomic E-state index is 0.0268. The zero-order chi connectivity index (χ0) is 14.7. The standard InChI is InChI=1S/C16H21ClN2O2/c17-13-4-1-5-15(9-13)19-7-6-14(10-19)18-16(20)12-3-2-8-21-11-12/h1,4-5,9,12,14H,2-3,6-8,10-11H2,(H,18,20)/t12-,14+/m1/s1. The molecule has 4 nitrogen and oxygen atoms in total. The average molecular weight is 309 g/mol. The largest absolute Gasteiger partial charge is 0.381 e. The summed E-state index contributed by atoms with van der Waals surface area (Å²) in [6.07, 6.45) is 2.90. The quantitative estimate of drug-likeness (QED) is 0.932. The molecular formula is C16H21ClN2O2. The van der Waals surface area contributed by atoms with Gasteiger partial charge in [0, 0.05) is 36.4 Å². The first kappa shape index (κ1) is 14.7. The van der Waals surface area contributed by atoms with Crippen LogP contribution >= 0.6 is 11.6 Å². The van der Waals surface area contributed by atoms with E-state index in [4.69, 9.17) is 16.3 Å². The van der Waals surface area contributed by atoms with Crippen molar-refractivity contribution >= 4 is 23.2 Å². The Morgan fingerprint density at radius 1 is 1.38 bits per heavy atom. The molecule has 1 aromatic rings. The second-order valence-electron chi connectivity index (χ2n) is 5.83. The molecule has 5 heteroatoms. The Balaban J connectivity index is 1.53. The number of carbonyl (C=O) groups excluding carboxylic acids is 1. The number of hydrogen-bond acceptors (Lipinski definition) is 3. The maximum absolute atomic E-state index is 12.2. The van der Waals surface area contributed by atoms with Gasteiger partial charge in [-0.25, -0.2) is 0 Å².